The number of β-amino-alcohol motifs (C(OH)–C–C–N with tert-alkyl or cyclic N) is 2. The van der Waals surface area contributed by atoms with Gasteiger partial charge < -0.3 is 26.2 Å². The van der Waals surface area contributed by atoms with Crippen LogP contribution in [0.4, 0.5) is 0 Å². The molecule has 184 valence electrons. The molecule has 0 spiro atoms. The fraction of sp³-hybridized carbons (Fsp3) is 1.00. The molecule has 3 saturated heterocycles. The Morgan fingerprint density at radius 3 is 1.60 bits per heavy atom. The Kier molecular flexibility index (Phi) is 18.5. The molecule has 3 heterocycles. The van der Waals surface area contributed by atoms with Crippen molar-refractivity contribution in [2.75, 3.05) is 39.3 Å². The topological polar surface area (TPSA) is 76.5 Å². The molecule has 0 radical (unpaired) electrons. The number of nitrogens with one attached hydrogen (secondary N) is 3. The molecule has 3 unspecified atom stereocenters. The summed E-state index contributed by atoms with van der Waals surface area (Å²) >= 11 is 0. The van der Waals surface area contributed by atoms with Crippen molar-refractivity contribution in [1.29, 1.82) is 0 Å². The molecule has 0 saturated carbocycles. The molecule has 3 aliphatic heterocycles. The van der Waals surface area contributed by atoms with E-state index in [0.717, 1.165) is 44.4 Å². The predicted molar refractivity (Wildman–Crippen MR) is 133 cm³/mol. The zero-order valence-electron chi connectivity index (χ0n) is 20.7. The maximum atomic E-state index is 9.52. The third-order valence-corrected chi connectivity index (χ3v) is 5.90. The highest BCUT2D eigenvalue weighted by atomic mass is 16.3. The van der Waals surface area contributed by atoms with Crippen molar-refractivity contribution in [2.24, 2.45) is 29.6 Å². The average molecular weight is 432 g/mol. The normalized spacial score (nSPS) is 26.5. The van der Waals surface area contributed by atoms with Crippen LogP contribution in [-0.2, 0) is 0 Å². The van der Waals surface area contributed by atoms with Gasteiger partial charge in [-0.25, -0.2) is 0 Å². The lowest BCUT2D eigenvalue weighted by Gasteiger charge is -2.38. The molecule has 3 atom stereocenters. The van der Waals surface area contributed by atoms with Gasteiger partial charge in [-0.2, -0.15) is 0 Å². The Labute approximate surface area is 189 Å². The van der Waals surface area contributed by atoms with Gasteiger partial charge in [0.05, 0.1) is 11.7 Å². The predicted octanol–water partition coefficient (Wildman–Crippen LogP) is 3.89. The second-order valence-corrected chi connectivity index (χ2v) is 10.5. The number of aliphatic hydroxyl groups is 2. The van der Waals surface area contributed by atoms with Crippen LogP contribution in [0, 0.1) is 29.6 Å². The van der Waals surface area contributed by atoms with Crippen LogP contribution in [0.2, 0.25) is 0 Å². The summed E-state index contributed by atoms with van der Waals surface area (Å²) < 4.78 is 0. The Balaban J connectivity index is 0. The molecule has 3 fully saturated rings. The van der Waals surface area contributed by atoms with Gasteiger partial charge in [0, 0.05) is 32.1 Å². The van der Waals surface area contributed by atoms with Crippen LogP contribution in [-0.4, -0.2) is 61.2 Å². The van der Waals surface area contributed by atoms with E-state index in [2.05, 4.69) is 71.3 Å². The third kappa shape index (κ3) is 15.6. The molecule has 5 nitrogen and oxygen atoms in total. The first-order valence-corrected chi connectivity index (χ1v) is 12.0. The van der Waals surface area contributed by atoms with E-state index in [4.69, 9.17) is 0 Å². The Morgan fingerprint density at radius 2 is 1.47 bits per heavy atom. The van der Waals surface area contributed by atoms with Crippen molar-refractivity contribution in [3.8, 4) is 0 Å². The monoisotopic (exact) mass is 431 g/mol. The molecule has 0 aromatic carbocycles. The molecular weight excluding hydrogens is 374 g/mol. The quantitative estimate of drug-likeness (QED) is 0.467. The molecule has 3 aliphatic rings. The first-order chi connectivity index (χ1) is 13.5. The van der Waals surface area contributed by atoms with Gasteiger partial charge in [0.15, 0.2) is 0 Å². The Morgan fingerprint density at radius 1 is 0.900 bits per heavy atom. The van der Waals surface area contributed by atoms with Crippen LogP contribution in [0.3, 0.4) is 0 Å². The van der Waals surface area contributed by atoms with E-state index < -0.39 is 0 Å². The summed E-state index contributed by atoms with van der Waals surface area (Å²) in [4.78, 5) is 0. The minimum Gasteiger partial charge on any atom is -0.391 e. The molecule has 3 rings (SSSR count). The molecule has 0 aromatic rings. The highest BCUT2D eigenvalue weighted by Crippen LogP contribution is 2.20. The van der Waals surface area contributed by atoms with E-state index in [1.807, 2.05) is 0 Å². The zero-order valence-corrected chi connectivity index (χ0v) is 20.7. The van der Waals surface area contributed by atoms with Crippen molar-refractivity contribution in [3.63, 3.8) is 0 Å². The second-order valence-electron chi connectivity index (χ2n) is 10.5. The summed E-state index contributed by atoms with van der Waals surface area (Å²) in [5, 5.41) is 28.3. The second kappa shape index (κ2) is 17.4. The minimum absolute atomic E-state index is 0. The first kappa shape index (κ1) is 32.0. The number of hydrogen-bond acceptors (Lipinski definition) is 5. The van der Waals surface area contributed by atoms with Crippen molar-refractivity contribution >= 4 is 0 Å². The highest BCUT2D eigenvalue weighted by Gasteiger charge is 2.34. The first-order valence-electron chi connectivity index (χ1n) is 12.0. The SMILES string of the molecule is C.CC(C)C1CNCC1O.CC(C)CC1(O)CNC1.CC1CCNC1.CCC(C)C. The third-order valence-electron chi connectivity index (χ3n) is 5.90. The Hall–Kier alpha value is -0.200. The van der Waals surface area contributed by atoms with Gasteiger partial charge in [-0.05, 0) is 49.6 Å². The number of rotatable bonds is 4. The summed E-state index contributed by atoms with van der Waals surface area (Å²) in [5.41, 5.74) is -0.367. The summed E-state index contributed by atoms with van der Waals surface area (Å²) in [6, 6.07) is 0. The van der Waals surface area contributed by atoms with Crippen molar-refractivity contribution < 1.29 is 10.2 Å². The van der Waals surface area contributed by atoms with E-state index >= 15 is 0 Å². The maximum absolute atomic E-state index is 9.52. The molecule has 0 aliphatic carbocycles. The van der Waals surface area contributed by atoms with Crippen LogP contribution < -0.4 is 16.0 Å². The Bertz CT molecular complexity index is 379. The van der Waals surface area contributed by atoms with E-state index in [-0.39, 0.29) is 19.1 Å². The van der Waals surface area contributed by atoms with Gasteiger partial charge in [-0.1, -0.05) is 69.2 Å². The van der Waals surface area contributed by atoms with Gasteiger partial charge in [0.25, 0.3) is 0 Å². The highest BCUT2D eigenvalue weighted by molar-refractivity contribution is 4.92. The fourth-order valence-electron chi connectivity index (χ4n) is 3.48. The van der Waals surface area contributed by atoms with E-state index in [0.29, 0.717) is 17.8 Å². The van der Waals surface area contributed by atoms with Crippen LogP contribution >= 0.6 is 0 Å². The van der Waals surface area contributed by atoms with Crippen LogP contribution in [0.1, 0.15) is 82.1 Å². The van der Waals surface area contributed by atoms with Crippen molar-refractivity contribution in [1.82, 2.24) is 16.0 Å². The molecule has 30 heavy (non-hydrogen) atoms. The molecule has 0 aromatic heterocycles. The molecular formula is C25H57N3O2. The van der Waals surface area contributed by atoms with Gasteiger partial charge in [0.1, 0.15) is 0 Å². The zero-order chi connectivity index (χ0) is 22.4. The van der Waals surface area contributed by atoms with Gasteiger partial charge >= 0.3 is 0 Å². The molecule has 0 amide bonds. The standard InChI is InChI=1S/2C7H15NO.C5H11N.C5H12.CH4/c1-6(2)3-7(9)4-8-5-7;1-5(2)6-3-8-4-7(6)9;1-5-2-3-6-4-5;1-4-5(2)3;/h6,8-9H,3-5H2,1-2H3;5-9H,3-4H2,1-2H3;5-6H,2-4H2,1H3;5H,4H2,1-3H3;1H4. The molecule has 0 bridgehead atoms. The van der Waals surface area contributed by atoms with Gasteiger partial charge in [-0.3, -0.25) is 0 Å². The fourth-order valence-corrected chi connectivity index (χ4v) is 3.48. The summed E-state index contributed by atoms with van der Waals surface area (Å²) in [5.74, 6) is 3.51. The van der Waals surface area contributed by atoms with Crippen LogP contribution in [0.5, 0.6) is 0 Å². The van der Waals surface area contributed by atoms with Crippen LogP contribution in [0.15, 0.2) is 0 Å². The summed E-state index contributed by atoms with van der Waals surface area (Å²) in [6.45, 7) is 23.3. The summed E-state index contributed by atoms with van der Waals surface area (Å²) in [7, 11) is 0. The van der Waals surface area contributed by atoms with Crippen molar-refractivity contribution in [3.05, 3.63) is 0 Å². The maximum Gasteiger partial charge on any atom is 0.0897 e. The smallest absolute Gasteiger partial charge is 0.0897 e. The molecule has 5 N–H and O–H groups in total. The van der Waals surface area contributed by atoms with E-state index in [1.165, 1.54) is 25.9 Å². The van der Waals surface area contributed by atoms with E-state index in [9.17, 15) is 10.2 Å². The largest absolute Gasteiger partial charge is 0.391 e. The van der Waals surface area contributed by atoms with Gasteiger partial charge in [-0.15, -0.1) is 0 Å². The van der Waals surface area contributed by atoms with E-state index in [1.54, 1.807) is 0 Å². The lowest BCUT2D eigenvalue weighted by Crippen LogP contribution is -2.59. The number of aliphatic hydroxyl groups excluding tert-OH is 1. The molecule has 5 heteroatoms. The summed E-state index contributed by atoms with van der Waals surface area (Å²) in [6.07, 6.45) is 3.50. The lowest BCUT2D eigenvalue weighted by molar-refractivity contribution is -0.0268. The average Bonchev–Trinajstić information content (AvgIpc) is 3.25. The minimum atomic E-state index is -0.367. The van der Waals surface area contributed by atoms with Crippen molar-refractivity contribution in [2.45, 2.75) is 93.8 Å². The number of hydrogen-bond donors (Lipinski definition) is 5. The van der Waals surface area contributed by atoms with Crippen LogP contribution in [0.25, 0.3) is 0 Å². The van der Waals surface area contributed by atoms with Gasteiger partial charge in [0.2, 0.25) is 0 Å². The lowest BCUT2D eigenvalue weighted by atomic mass is 9.87.